The Kier molecular flexibility index (Phi) is 10.7. The molecule has 0 aliphatic carbocycles. The highest BCUT2D eigenvalue weighted by Crippen LogP contribution is 2.35. The molecular weight excluding hydrogens is 659 g/mol. The molecule has 0 unspecified atom stereocenters. The van der Waals surface area contributed by atoms with Crippen molar-refractivity contribution in [3.8, 4) is 68.5 Å². The Hall–Kier alpha value is -6.77. The van der Waals surface area contributed by atoms with E-state index >= 15 is 0 Å². The fraction of sp³-hybridized carbons (Fsp3) is 0.122. The second kappa shape index (κ2) is 16.3. The summed E-state index contributed by atoms with van der Waals surface area (Å²) < 4.78 is 0. The molecule has 0 aliphatic rings. The first-order valence-corrected chi connectivity index (χ1v) is 18.2. The van der Waals surface area contributed by atoms with Crippen LogP contribution in [0, 0.1) is 11.8 Å². The molecule has 0 bridgehead atoms. The van der Waals surface area contributed by atoms with Crippen LogP contribution in [-0.2, 0) is 5.41 Å². The van der Waals surface area contributed by atoms with E-state index in [1.54, 1.807) is 6.20 Å². The van der Waals surface area contributed by atoms with Gasteiger partial charge in [-0.1, -0.05) is 159 Å². The molecule has 0 amide bonds. The lowest BCUT2D eigenvalue weighted by Crippen LogP contribution is -2.18. The molecule has 0 radical (unpaired) electrons. The van der Waals surface area contributed by atoms with E-state index in [0.717, 1.165) is 50.7 Å². The van der Waals surface area contributed by atoms with Crippen LogP contribution in [0.25, 0.3) is 56.7 Å². The van der Waals surface area contributed by atoms with E-state index in [1.807, 2.05) is 92.7 Å². The van der Waals surface area contributed by atoms with Crippen molar-refractivity contribution in [1.82, 2.24) is 24.9 Å². The normalized spacial score (nSPS) is 12.1. The van der Waals surface area contributed by atoms with Gasteiger partial charge in [-0.15, -0.1) is 5.92 Å². The quantitative estimate of drug-likeness (QED) is 0.105. The Morgan fingerprint density at radius 2 is 1.07 bits per heavy atom. The van der Waals surface area contributed by atoms with Crippen molar-refractivity contribution in [1.29, 1.82) is 0 Å². The van der Waals surface area contributed by atoms with Gasteiger partial charge in [0.15, 0.2) is 11.6 Å². The number of benzene rings is 4. The van der Waals surface area contributed by atoms with Crippen molar-refractivity contribution in [2.75, 3.05) is 0 Å². The first-order valence-electron chi connectivity index (χ1n) is 18.2. The molecule has 1 atom stereocenters. The van der Waals surface area contributed by atoms with Gasteiger partial charge in [0.2, 0.25) is 0 Å². The van der Waals surface area contributed by atoms with Crippen molar-refractivity contribution in [3.63, 3.8) is 0 Å². The molecule has 0 saturated carbocycles. The van der Waals surface area contributed by atoms with E-state index in [9.17, 15) is 0 Å². The Morgan fingerprint density at radius 1 is 0.537 bits per heavy atom. The van der Waals surface area contributed by atoms with E-state index in [2.05, 4.69) is 116 Å². The predicted octanol–water partition coefficient (Wildman–Crippen LogP) is 11.6. The van der Waals surface area contributed by atoms with Crippen LogP contribution in [0.1, 0.15) is 50.4 Å². The highest BCUT2D eigenvalue weighted by Gasteiger charge is 2.24. The number of hydrogen-bond acceptors (Lipinski definition) is 5. The van der Waals surface area contributed by atoms with Crippen LogP contribution >= 0.6 is 0 Å². The van der Waals surface area contributed by atoms with Crippen LogP contribution < -0.4 is 0 Å². The third-order valence-corrected chi connectivity index (χ3v) is 9.49. The Bertz CT molecular complexity index is 2400. The zero-order valence-electron chi connectivity index (χ0n) is 31.0. The van der Waals surface area contributed by atoms with Gasteiger partial charge in [0.05, 0.1) is 34.4 Å². The van der Waals surface area contributed by atoms with E-state index in [1.165, 1.54) is 11.1 Å². The molecule has 7 aromatic rings. The predicted molar refractivity (Wildman–Crippen MR) is 221 cm³/mol. The molecule has 4 aromatic carbocycles. The van der Waals surface area contributed by atoms with Gasteiger partial charge in [-0.2, -0.15) is 0 Å². The van der Waals surface area contributed by atoms with Crippen molar-refractivity contribution in [3.05, 3.63) is 187 Å². The second-order valence-corrected chi connectivity index (χ2v) is 13.5. The van der Waals surface area contributed by atoms with E-state index in [-0.39, 0.29) is 11.3 Å². The van der Waals surface area contributed by atoms with E-state index < -0.39 is 0 Å². The lowest BCUT2D eigenvalue weighted by Gasteiger charge is -2.26. The second-order valence-electron chi connectivity index (χ2n) is 13.5. The number of allylic oxidation sites excluding steroid dienone is 4. The van der Waals surface area contributed by atoms with Gasteiger partial charge in [0.25, 0.3) is 0 Å². The highest BCUT2D eigenvalue weighted by molar-refractivity contribution is 5.71. The van der Waals surface area contributed by atoms with Crippen LogP contribution in [0.2, 0.25) is 0 Å². The first kappa shape index (κ1) is 35.6. The van der Waals surface area contributed by atoms with Gasteiger partial charge in [-0.3, -0.25) is 4.98 Å². The molecule has 0 aliphatic heterocycles. The van der Waals surface area contributed by atoms with Crippen molar-refractivity contribution >= 4 is 0 Å². The standard InChI is InChI=1S/C49H41N5/c1-5-7-10-18-35(17-6-2)43-33-44(36-19-11-8-12-20-36)52-47(51-43)38-24-28-40(29-25-38)49(3,4)41-30-26-39(27-31-41)48-53-45(37-21-13-9-14-22-37)34-46(54-48)42-23-15-16-32-50-42/h5,7-16,18-35H,1-4H3/b7-5-,18-10-/t35-/m1/s1. The van der Waals surface area contributed by atoms with Gasteiger partial charge in [-0.25, -0.2) is 19.9 Å². The van der Waals surface area contributed by atoms with Crippen molar-refractivity contribution < 1.29 is 0 Å². The van der Waals surface area contributed by atoms with Crippen LogP contribution in [0.3, 0.4) is 0 Å². The number of aromatic nitrogens is 5. The average Bonchev–Trinajstić information content (AvgIpc) is 3.24. The molecule has 0 N–H and O–H groups in total. The van der Waals surface area contributed by atoms with Gasteiger partial charge >= 0.3 is 0 Å². The minimum absolute atomic E-state index is 0.163. The molecule has 7 rings (SSSR count). The summed E-state index contributed by atoms with van der Waals surface area (Å²) in [5.41, 5.74) is 10.2. The summed E-state index contributed by atoms with van der Waals surface area (Å²) in [6.07, 6.45) is 9.91. The molecule has 0 spiro atoms. The molecular formula is C49H41N5. The molecule has 5 heteroatoms. The fourth-order valence-electron chi connectivity index (χ4n) is 6.39. The summed E-state index contributed by atoms with van der Waals surface area (Å²) in [6, 6.07) is 47.5. The third-order valence-electron chi connectivity index (χ3n) is 9.49. The van der Waals surface area contributed by atoms with Gasteiger partial charge in [0.1, 0.15) is 0 Å². The van der Waals surface area contributed by atoms with Gasteiger partial charge in [-0.05, 0) is 49.2 Å². The number of hydrogen-bond donors (Lipinski definition) is 0. The average molecular weight is 700 g/mol. The lowest BCUT2D eigenvalue weighted by molar-refractivity contribution is 0.641. The molecule has 3 heterocycles. The summed E-state index contributed by atoms with van der Waals surface area (Å²) in [6.45, 7) is 8.36. The summed E-state index contributed by atoms with van der Waals surface area (Å²) in [5.74, 6) is 7.58. The van der Waals surface area contributed by atoms with Crippen molar-refractivity contribution in [2.24, 2.45) is 0 Å². The van der Waals surface area contributed by atoms with Crippen LogP contribution in [0.5, 0.6) is 0 Å². The summed E-state index contributed by atoms with van der Waals surface area (Å²) in [4.78, 5) is 24.6. The minimum atomic E-state index is -0.278. The molecule has 262 valence electrons. The Labute approximate surface area is 318 Å². The maximum absolute atomic E-state index is 5.06. The Balaban J connectivity index is 1.20. The highest BCUT2D eigenvalue weighted by atomic mass is 14.9. The number of rotatable bonds is 10. The molecule has 0 fully saturated rings. The zero-order valence-corrected chi connectivity index (χ0v) is 31.0. The topological polar surface area (TPSA) is 64.5 Å². The largest absolute Gasteiger partial charge is 0.255 e. The zero-order chi connectivity index (χ0) is 37.3. The third kappa shape index (κ3) is 7.99. The van der Waals surface area contributed by atoms with Gasteiger partial charge < -0.3 is 0 Å². The molecule has 0 saturated heterocycles. The van der Waals surface area contributed by atoms with E-state index in [4.69, 9.17) is 19.9 Å². The minimum Gasteiger partial charge on any atom is -0.255 e. The van der Waals surface area contributed by atoms with Gasteiger partial charge in [0, 0.05) is 33.9 Å². The fourth-order valence-corrected chi connectivity index (χ4v) is 6.39. The maximum atomic E-state index is 5.06. The van der Waals surface area contributed by atoms with Crippen molar-refractivity contribution in [2.45, 2.75) is 39.0 Å². The summed E-state index contributed by atoms with van der Waals surface area (Å²) in [7, 11) is 0. The summed E-state index contributed by atoms with van der Waals surface area (Å²) in [5, 5.41) is 0. The maximum Gasteiger partial charge on any atom is 0.160 e. The number of pyridine rings is 1. The molecule has 3 aromatic heterocycles. The Morgan fingerprint density at radius 3 is 1.61 bits per heavy atom. The van der Waals surface area contributed by atoms with Crippen LogP contribution in [-0.4, -0.2) is 24.9 Å². The molecule has 5 nitrogen and oxygen atoms in total. The summed E-state index contributed by atoms with van der Waals surface area (Å²) >= 11 is 0. The van der Waals surface area contributed by atoms with Crippen LogP contribution in [0.15, 0.2) is 170 Å². The first-order chi connectivity index (χ1) is 26.4. The molecule has 54 heavy (non-hydrogen) atoms. The SMILES string of the molecule is CC#C[C@H](/C=C\C=C/C)c1cc(-c2ccccc2)nc(-c2ccc(C(C)(C)c3ccc(-c4nc(-c5ccccc5)cc(-c5ccccn5)n4)cc3)cc2)n1. The number of nitrogens with zero attached hydrogens (tertiary/aromatic N) is 5. The monoisotopic (exact) mass is 699 g/mol. The smallest absolute Gasteiger partial charge is 0.160 e. The van der Waals surface area contributed by atoms with Crippen LogP contribution in [0.4, 0.5) is 0 Å². The van der Waals surface area contributed by atoms with E-state index in [0.29, 0.717) is 11.6 Å². The lowest BCUT2D eigenvalue weighted by atomic mass is 9.77.